The molecule has 2 aromatic heterocycles. The third-order valence-corrected chi connectivity index (χ3v) is 6.69. The molecule has 36 heavy (non-hydrogen) atoms. The molecule has 0 saturated carbocycles. The molecule has 4 aromatic carbocycles. The van der Waals surface area contributed by atoms with Crippen LogP contribution in [0, 0.1) is 0 Å². The van der Waals surface area contributed by atoms with Gasteiger partial charge in [-0.1, -0.05) is 24.3 Å². The Balaban J connectivity index is 1.15. The van der Waals surface area contributed by atoms with Gasteiger partial charge in [-0.25, -0.2) is 9.05 Å². The molecule has 0 aliphatic rings. The summed E-state index contributed by atoms with van der Waals surface area (Å²) in [5.41, 5.74) is 3.41. The Morgan fingerprint density at radius 1 is 0.556 bits per heavy atom. The molecule has 8 heteroatoms. The normalized spacial score (nSPS) is 11.1. The van der Waals surface area contributed by atoms with E-state index in [4.69, 9.17) is 9.05 Å². The van der Waals surface area contributed by atoms with Crippen LogP contribution in [0.1, 0.15) is 0 Å². The first-order valence-electron chi connectivity index (χ1n) is 11.2. The van der Waals surface area contributed by atoms with Gasteiger partial charge >= 0.3 is 8.25 Å². The van der Waals surface area contributed by atoms with E-state index in [0.717, 1.165) is 33.2 Å². The van der Waals surface area contributed by atoms with E-state index in [1.807, 2.05) is 81.9 Å². The van der Waals surface area contributed by atoms with E-state index in [-0.39, 0.29) is 11.5 Å². The summed E-state index contributed by atoms with van der Waals surface area (Å²) in [7, 11) is -2.45. The molecular weight excluding hydrogens is 475 g/mol. The lowest BCUT2D eigenvalue weighted by Crippen LogP contribution is -1.94. The van der Waals surface area contributed by atoms with Gasteiger partial charge in [-0.3, -0.25) is 0 Å². The number of aromatic nitrogens is 2. The summed E-state index contributed by atoms with van der Waals surface area (Å²) in [6.45, 7) is 0. The van der Waals surface area contributed by atoms with Crippen molar-refractivity contribution in [2.75, 3.05) is 0 Å². The second kappa shape index (κ2) is 8.80. The predicted octanol–water partition coefficient (Wildman–Crippen LogP) is 7.10. The molecule has 6 rings (SSSR count). The lowest BCUT2D eigenvalue weighted by Gasteiger charge is -2.05. The molecule has 0 radical (unpaired) electrons. The van der Waals surface area contributed by atoms with E-state index < -0.39 is 8.25 Å². The molecule has 6 aromatic rings. The van der Waals surface area contributed by atoms with E-state index in [9.17, 15) is 14.8 Å². The molecule has 2 N–H and O–H groups in total. The summed E-state index contributed by atoms with van der Waals surface area (Å²) in [6, 6.07) is 29.2. The van der Waals surface area contributed by atoms with Crippen molar-refractivity contribution in [2.45, 2.75) is 0 Å². The molecule has 0 bridgehead atoms. The number of hydrogen-bond acceptors (Lipinski definition) is 5. The highest BCUT2D eigenvalue weighted by molar-refractivity contribution is 7.34. The molecule has 0 spiro atoms. The van der Waals surface area contributed by atoms with Gasteiger partial charge in [0.05, 0.1) is 23.4 Å². The number of nitrogens with zero attached hydrogens (tertiary/aromatic N) is 2. The van der Waals surface area contributed by atoms with E-state index in [1.54, 1.807) is 36.7 Å². The fraction of sp³-hybridized carbons (Fsp3) is 0. The maximum Gasteiger partial charge on any atom is 0.805 e. The number of para-hydroxylation sites is 2. The highest BCUT2D eigenvalue weighted by atomic mass is 31.1. The van der Waals surface area contributed by atoms with Crippen LogP contribution < -0.4 is 9.05 Å². The molecule has 7 nitrogen and oxygen atoms in total. The van der Waals surface area contributed by atoms with Crippen LogP contribution in [0.3, 0.4) is 0 Å². The van der Waals surface area contributed by atoms with Crippen LogP contribution >= 0.6 is 8.25 Å². The van der Waals surface area contributed by atoms with Crippen molar-refractivity contribution in [2.24, 2.45) is 0 Å². The van der Waals surface area contributed by atoms with Crippen molar-refractivity contribution >= 4 is 30.1 Å². The predicted molar refractivity (Wildman–Crippen MR) is 139 cm³/mol. The first-order chi connectivity index (χ1) is 17.6. The van der Waals surface area contributed by atoms with Gasteiger partial charge in [0.2, 0.25) is 0 Å². The molecule has 0 fully saturated rings. The Morgan fingerprint density at radius 3 is 1.36 bits per heavy atom. The summed E-state index contributed by atoms with van der Waals surface area (Å²) in [4.78, 5) is 0. The Bertz CT molecular complexity index is 1590. The second-order valence-corrected chi connectivity index (χ2v) is 9.01. The van der Waals surface area contributed by atoms with Crippen molar-refractivity contribution in [3.8, 4) is 34.4 Å². The molecule has 0 atom stereocenters. The van der Waals surface area contributed by atoms with Crippen LogP contribution in [0.2, 0.25) is 0 Å². The van der Waals surface area contributed by atoms with Gasteiger partial charge < -0.3 is 19.3 Å². The summed E-state index contributed by atoms with van der Waals surface area (Å²) in [5.74, 6) is 1.20. The van der Waals surface area contributed by atoms with Gasteiger partial charge in [0.25, 0.3) is 0 Å². The van der Waals surface area contributed by atoms with Crippen LogP contribution in [-0.2, 0) is 4.57 Å². The molecule has 176 valence electrons. The number of aromatic hydroxyl groups is 2. The summed E-state index contributed by atoms with van der Waals surface area (Å²) >= 11 is 0. The van der Waals surface area contributed by atoms with Crippen molar-refractivity contribution in [3.63, 3.8) is 0 Å². The fourth-order valence-electron chi connectivity index (χ4n) is 4.28. The smallest absolute Gasteiger partial charge is 0.506 e. The van der Waals surface area contributed by atoms with Crippen LogP contribution in [0.15, 0.2) is 109 Å². The second-order valence-electron chi connectivity index (χ2n) is 8.20. The molecule has 0 saturated heterocycles. The van der Waals surface area contributed by atoms with Crippen molar-refractivity contribution in [3.05, 3.63) is 109 Å². The average Bonchev–Trinajstić information content (AvgIpc) is 3.42. The zero-order valence-electron chi connectivity index (χ0n) is 18.9. The third kappa shape index (κ3) is 3.91. The molecular formula is C28H20N2O5P+. The molecule has 0 aliphatic carbocycles. The minimum absolute atomic E-state index is 0.204. The monoisotopic (exact) mass is 495 g/mol. The quantitative estimate of drug-likeness (QED) is 0.241. The van der Waals surface area contributed by atoms with E-state index in [0.29, 0.717) is 11.5 Å². The number of rotatable bonds is 6. The molecule has 0 amide bonds. The largest absolute Gasteiger partial charge is 0.805 e. The first kappa shape index (κ1) is 21.8. The Hall–Kier alpha value is -4.74. The first-order valence-corrected chi connectivity index (χ1v) is 12.3. The highest BCUT2D eigenvalue weighted by Crippen LogP contribution is 2.34. The fourth-order valence-corrected chi connectivity index (χ4v) is 4.90. The number of hydrogen-bond donors (Lipinski definition) is 2. The Morgan fingerprint density at radius 2 is 0.944 bits per heavy atom. The van der Waals surface area contributed by atoms with E-state index in [1.165, 1.54) is 0 Å². The van der Waals surface area contributed by atoms with Crippen LogP contribution in [0.5, 0.6) is 23.0 Å². The summed E-state index contributed by atoms with van der Waals surface area (Å²) in [5, 5.41) is 21.9. The zero-order chi connectivity index (χ0) is 24.6. The van der Waals surface area contributed by atoms with Crippen LogP contribution in [0.4, 0.5) is 0 Å². The molecule has 2 heterocycles. The maximum absolute atomic E-state index is 12.5. The van der Waals surface area contributed by atoms with Gasteiger partial charge in [-0.15, -0.1) is 0 Å². The van der Waals surface area contributed by atoms with Crippen LogP contribution in [-0.4, -0.2) is 19.3 Å². The lowest BCUT2D eigenvalue weighted by molar-refractivity contribution is 0.415. The Labute approximate surface area is 206 Å². The van der Waals surface area contributed by atoms with E-state index >= 15 is 0 Å². The van der Waals surface area contributed by atoms with E-state index in [2.05, 4.69) is 0 Å². The van der Waals surface area contributed by atoms with Crippen molar-refractivity contribution in [1.82, 2.24) is 9.13 Å². The third-order valence-electron chi connectivity index (χ3n) is 5.97. The maximum atomic E-state index is 12.5. The number of fused-ring (bicyclic) bond motifs is 2. The SMILES string of the molecule is O=[P+](Oc1ccc(-n2cc(O)c3ccccc32)cc1)Oc1ccc(-n2cc(O)c3ccccc32)cc1. The van der Waals surface area contributed by atoms with Crippen molar-refractivity contribution < 1.29 is 23.8 Å². The average molecular weight is 495 g/mol. The van der Waals surface area contributed by atoms with Gasteiger partial charge in [-0.2, -0.15) is 0 Å². The minimum Gasteiger partial charge on any atom is -0.506 e. The van der Waals surface area contributed by atoms with Gasteiger partial charge in [0, 0.05) is 26.7 Å². The topological polar surface area (TPSA) is 85.9 Å². The van der Waals surface area contributed by atoms with Crippen LogP contribution in [0.25, 0.3) is 33.2 Å². The van der Waals surface area contributed by atoms with Gasteiger partial charge in [0.1, 0.15) is 11.5 Å². The summed E-state index contributed by atoms with van der Waals surface area (Å²) < 4.78 is 27.2. The van der Waals surface area contributed by atoms with Gasteiger partial charge in [0.15, 0.2) is 11.5 Å². The standard InChI is InChI=1S/C28H19N2O5P/c31-27-17-29(25-7-3-1-5-23(25)27)19-9-13-21(14-10-19)34-36(33)35-22-15-11-20(12-16-22)30-18-28(32)24-6-2-4-8-26(24)30/h1-18H,(H-,31,32)/p+1. The Kier molecular flexibility index (Phi) is 5.32. The number of benzene rings is 4. The minimum atomic E-state index is -2.45. The summed E-state index contributed by atoms with van der Waals surface area (Å²) in [6.07, 6.45) is 3.32. The highest BCUT2D eigenvalue weighted by Gasteiger charge is 2.24. The van der Waals surface area contributed by atoms with Gasteiger partial charge in [-0.05, 0) is 72.8 Å². The zero-order valence-corrected chi connectivity index (χ0v) is 19.7. The lowest BCUT2D eigenvalue weighted by atomic mass is 10.2. The van der Waals surface area contributed by atoms with Crippen molar-refractivity contribution in [1.29, 1.82) is 0 Å². The molecule has 0 aliphatic heterocycles. The molecule has 0 unspecified atom stereocenters.